The van der Waals surface area contributed by atoms with Gasteiger partial charge >= 0.3 is 5.97 Å². The summed E-state index contributed by atoms with van der Waals surface area (Å²) in [5.74, 6) is -0.431. The lowest BCUT2D eigenvalue weighted by Gasteiger charge is -2.08. The molecule has 0 bridgehead atoms. The molecule has 26 heavy (non-hydrogen) atoms. The number of ether oxygens (including phenoxy) is 2. The summed E-state index contributed by atoms with van der Waals surface area (Å²) in [4.78, 5) is 31.2. The number of methoxy groups -OCH3 is 2. The lowest BCUT2D eigenvalue weighted by Crippen LogP contribution is -2.13. The number of aromatic amines is 1. The number of hydrogen-bond donors (Lipinski definition) is 2. The van der Waals surface area contributed by atoms with E-state index in [9.17, 15) is 9.59 Å². The summed E-state index contributed by atoms with van der Waals surface area (Å²) in [6, 6.07) is 6.42. The molecule has 0 unspecified atom stereocenters. The summed E-state index contributed by atoms with van der Waals surface area (Å²) >= 11 is 7.22. The van der Waals surface area contributed by atoms with Gasteiger partial charge < -0.3 is 14.5 Å². The van der Waals surface area contributed by atoms with Gasteiger partial charge in [0.1, 0.15) is 11.4 Å². The maximum Gasteiger partial charge on any atom is 0.354 e. The van der Waals surface area contributed by atoms with E-state index in [0.717, 1.165) is 0 Å². The van der Waals surface area contributed by atoms with E-state index in [1.54, 1.807) is 29.8 Å². The summed E-state index contributed by atoms with van der Waals surface area (Å²) in [6.45, 7) is 0. The molecule has 0 fully saturated rings. The van der Waals surface area contributed by atoms with Gasteiger partial charge in [-0.05, 0) is 24.3 Å². The summed E-state index contributed by atoms with van der Waals surface area (Å²) in [5, 5.41) is 5.33. The Hall–Kier alpha value is -2.84. The van der Waals surface area contributed by atoms with Crippen LogP contribution in [-0.4, -0.2) is 36.1 Å². The smallest absolute Gasteiger partial charge is 0.354 e. The van der Waals surface area contributed by atoms with Crippen molar-refractivity contribution in [2.24, 2.45) is 0 Å². The zero-order valence-corrected chi connectivity index (χ0v) is 15.4. The first-order valence-electron chi connectivity index (χ1n) is 7.39. The Morgan fingerprint density at radius 2 is 2.08 bits per heavy atom. The fourth-order valence-electron chi connectivity index (χ4n) is 2.26. The molecule has 2 N–H and O–H groups in total. The van der Waals surface area contributed by atoms with Crippen molar-refractivity contribution in [3.8, 4) is 17.0 Å². The van der Waals surface area contributed by atoms with Gasteiger partial charge in [-0.15, -0.1) is 11.3 Å². The predicted molar refractivity (Wildman–Crippen MR) is 99.2 cm³/mol. The Morgan fingerprint density at radius 1 is 1.27 bits per heavy atom. The minimum atomic E-state index is -0.465. The van der Waals surface area contributed by atoms with Crippen molar-refractivity contribution in [1.29, 1.82) is 0 Å². The molecule has 7 nitrogen and oxygen atoms in total. The van der Waals surface area contributed by atoms with Gasteiger partial charge in [0.2, 0.25) is 0 Å². The second-order valence-corrected chi connectivity index (χ2v) is 6.42. The molecule has 3 aromatic rings. The van der Waals surface area contributed by atoms with Gasteiger partial charge in [0, 0.05) is 22.2 Å². The van der Waals surface area contributed by atoms with Crippen LogP contribution in [0, 0.1) is 0 Å². The average molecular weight is 392 g/mol. The number of aromatic nitrogens is 2. The monoisotopic (exact) mass is 391 g/mol. The van der Waals surface area contributed by atoms with Crippen LogP contribution in [0.2, 0.25) is 5.02 Å². The molecular weight excluding hydrogens is 378 g/mol. The second-order valence-electron chi connectivity index (χ2n) is 5.13. The van der Waals surface area contributed by atoms with Crippen molar-refractivity contribution in [2.45, 2.75) is 0 Å². The molecule has 0 aliphatic heterocycles. The number of nitrogens with one attached hydrogen (secondary N) is 2. The third-order valence-corrected chi connectivity index (χ3v) is 4.51. The molecule has 0 aliphatic rings. The number of H-pyrrole nitrogens is 1. The molecule has 134 valence electrons. The zero-order valence-electron chi connectivity index (χ0n) is 13.8. The van der Waals surface area contributed by atoms with E-state index in [0.29, 0.717) is 38.4 Å². The normalized spacial score (nSPS) is 10.4. The SMILES string of the molecule is COC(=O)c1cc(-c2csc(NC(=O)c3cc(Cl)ccc3OC)n2)c[nH]1. The van der Waals surface area contributed by atoms with Crippen LogP contribution >= 0.6 is 22.9 Å². The number of nitrogens with zero attached hydrogens (tertiary/aromatic N) is 1. The van der Waals surface area contributed by atoms with Crippen LogP contribution in [0.3, 0.4) is 0 Å². The van der Waals surface area contributed by atoms with Crippen LogP contribution in [0.4, 0.5) is 5.13 Å². The molecular formula is C17H14ClN3O4S. The second kappa shape index (κ2) is 7.59. The van der Waals surface area contributed by atoms with Crippen LogP contribution in [0.15, 0.2) is 35.8 Å². The maximum absolute atomic E-state index is 12.5. The highest BCUT2D eigenvalue weighted by molar-refractivity contribution is 7.14. The van der Waals surface area contributed by atoms with Crippen molar-refractivity contribution in [3.05, 3.63) is 52.1 Å². The maximum atomic E-state index is 12.5. The van der Waals surface area contributed by atoms with Crippen molar-refractivity contribution >= 4 is 39.9 Å². The molecule has 0 atom stereocenters. The molecule has 0 spiro atoms. The molecule has 0 saturated heterocycles. The number of thiazole rings is 1. The minimum Gasteiger partial charge on any atom is -0.496 e. The third kappa shape index (κ3) is 3.71. The van der Waals surface area contributed by atoms with Gasteiger partial charge in [0.05, 0.1) is 25.5 Å². The van der Waals surface area contributed by atoms with E-state index < -0.39 is 5.97 Å². The lowest BCUT2D eigenvalue weighted by molar-refractivity contribution is 0.0594. The van der Waals surface area contributed by atoms with Gasteiger partial charge in [-0.3, -0.25) is 10.1 Å². The number of anilines is 1. The van der Waals surface area contributed by atoms with Crippen LogP contribution in [-0.2, 0) is 4.74 Å². The fraction of sp³-hybridized carbons (Fsp3) is 0.118. The first-order chi connectivity index (χ1) is 12.5. The average Bonchev–Trinajstić information content (AvgIpc) is 3.30. The van der Waals surface area contributed by atoms with Gasteiger partial charge in [-0.2, -0.15) is 0 Å². The molecule has 3 rings (SSSR count). The molecule has 9 heteroatoms. The summed E-state index contributed by atoms with van der Waals surface area (Å²) < 4.78 is 9.84. The first kappa shape index (κ1) is 18.0. The van der Waals surface area contributed by atoms with Crippen LogP contribution in [0.5, 0.6) is 5.75 Å². The van der Waals surface area contributed by atoms with Crippen molar-refractivity contribution in [1.82, 2.24) is 9.97 Å². The number of esters is 1. The van der Waals surface area contributed by atoms with E-state index >= 15 is 0 Å². The standard InChI is InChI=1S/C17H14ClN3O4S/c1-24-14-4-3-10(18)6-11(14)15(22)21-17-20-13(8-26-17)9-5-12(19-7-9)16(23)25-2/h3-8,19H,1-2H3,(H,20,21,22). The quantitative estimate of drug-likeness (QED) is 0.644. The first-order valence-corrected chi connectivity index (χ1v) is 8.65. The molecule has 1 amide bonds. The largest absolute Gasteiger partial charge is 0.496 e. The van der Waals surface area contributed by atoms with Crippen LogP contribution in [0.25, 0.3) is 11.3 Å². The van der Waals surface area contributed by atoms with Gasteiger partial charge in [0.25, 0.3) is 5.91 Å². The molecule has 0 radical (unpaired) electrons. The van der Waals surface area contributed by atoms with Gasteiger partial charge in [-0.1, -0.05) is 11.6 Å². The highest BCUT2D eigenvalue weighted by Crippen LogP contribution is 2.28. The highest BCUT2D eigenvalue weighted by Gasteiger charge is 2.16. The number of amides is 1. The van der Waals surface area contributed by atoms with E-state index in [-0.39, 0.29) is 5.91 Å². The molecule has 1 aromatic carbocycles. The molecule has 0 aliphatic carbocycles. The minimum absolute atomic E-state index is 0.311. The topological polar surface area (TPSA) is 93.3 Å². The zero-order chi connectivity index (χ0) is 18.7. The Bertz CT molecular complexity index is 967. The number of carbonyl (C=O) groups is 2. The Labute approximate surface area is 157 Å². The highest BCUT2D eigenvalue weighted by atomic mass is 35.5. The van der Waals surface area contributed by atoms with E-state index in [1.165, 1.54) is 31.6 Å². The molecule has 2 aromatic heterocycles. The van der Waals surface area contributed by atoms with Gasteiger partial charge in [0.15, 0.2) is 5.13 Å². The summed E-state index contributed by atoms with van der Waals surface area (Å²) in [6.07, 6.45) is 1.65. The van der Waals surface area contributed by atoms with Gasteiger partial charge in [-0.25, -0.2) is 9.78 Å². The third-order valence-electron chi connectivity index (χ3n) is 3.51. The van der Waals surface area contributed by atoms with Crippen LogP contribution < -0.4 is 10.1 Å². The van der Waals surface area contributed by atoms with E-state index in [4.69, 9.17) is 16.3 Å². The van der Waals surface area contributed by atoms with Crippen molar-refractivity contribution < 1.29 is 19.1 Å². The van der Waals surface area contributed by atoms with Crippen LogP contribution in [0.1, 0.15) is 20.8 Å². The summed E-state index contributed by atoms with van der Waals surface area (Å²) in [5.41, 5.74) is 1.97. The van der Waals surface area contributed by atoms with Crippen molar-refractivity contribution in [3.63, 3.8) is 0 Å². The fourth-order valence-corrected chi connectivity index (χ4v) is 3.14. The Morgan fingerprint density at radius 3 is 2.81 bits per heavy atom. The number of benzene rings is 1. The van der Waals surface area contributed by atoms with Crippen molar-refractivity contribution in [2.75, 3.05) is 19.5 Å². The number of hydrogen-bond acceptors (Lipinski definition) is 6. The number of rotatable bonds is 5. The van der Waals surface area contributed by atoms with E-state index in [2.05, 4.69) is 20.0 Å². The van der Waals surface area contributed by atoms with E-state index in [1.807, 2.05) is 0 Å². The molecule has 0 saturated carbocycles. The Balaban J connectivity index is 1.78. The Kier molecular flexibility index (Phi) is 5.24. The number of carbonyl (C=O) groups excluding carboxylic acids is 2. The number of halogens is 1. The predicted octanol–water partition coefficient (Wildman–Crippen LogP) is 3.84. The lowest BCUT2D eigenvalue weighted by atomic mass is 10.2. The summed E-state index contributed by atoms with van der Waals surface area (Å²) in [7, 11) is 2.79. The molecule has 2 heterocycles.